The Morgan fingerprint density at radius 1 is 1.06 bits per heavy atom. The van der Waals surface area contributed by atoms with Crippen LogP contribution >= 0.6 is 0 Å². The van der Waals surface area contributed by atoms with E-state index in [2.05, 4.69) is 5.32 Å². The van der Waals surface area contributed by atoms with Crippen LogP contribution in [0, 0.1) is 0 Å². The Morgan fingerprint density at radius 2 is 1.19 bits per heavy atom. The van der Waals surface area contributed by atoms with Crippen LogP contribution in [0.4, 0.5) is 0 Å². The molecule has 0 aliphatic carbocycles. The standard InChI is InChI=1S/C4H10N2.2CH4O3S/c1-4(5)2-6-3-4;2*1-5(2,3)4/h6H,2-3,5H2,1H3;2*1H3,(H,2,3,4). The van der Waals surface area contributed by atoms with Crippen molar-refractivity contribution in [3.8, 4) is 0 Å². The van der Waals surface area contributed by atoms with Crippen molar-refractivity contribution in [2.24, 2.45) is 5.73 Å². The van der Waals surface area contributed by atoms with Crippen molar-refractivity contribution in [2.75, 3.05) is 25.6 Å². The summed E-state index contributed by atoms with van der Waals surface area (Å²) in [7, 11) is -7.33. The Balaban J connectivity index is 0. The first-order valence-corrected chi connectivity index (χ1v) is 7.75. The molecule has 1 aliphatic heterocycles. The number of rotatable bonds is 0. The SMILES string of the molecule is CC1(N)CNC1.CS(=O)(=O)O.CS(=O)(=O)O. The lowest BCUT2D eigenvalue weighted by molar-refractivity contribution is 0.309. The fourth-order valence-corrected chi connectivity index (χ4v) is 0.519. The summed E-state index contributed by atoms with van der Waals surface area (Å²) in [6.07, 6.45) is 1.43. The van der Waals surface area contributed by atoms with Gasteiger partial charge in [-0.2, -0.15) is 16.8 Å². The highest BCUT2D eigenvalue weighted by Gasteiger charge is 2.25. The van der Waals surface area contributed by atoms with Gasteiger partial charge in [0, 0.05) is 18.6 Å². The summed E-state index contributed by atoms with van der Waals surface area (Å²) in [5, 5.41) is 3.08. The summed E-state index contributed by atoms with van der Waals surface area (Å²) < 4.78 is 51.7. The predicted octanol–water partition coefficient (Wildman–Crippen LogP) is -1.68. The highest BCUT2D eigenvalue weighted by molar-refractivity contribution is 7.85. The van der Waals surface area contributed by atoms with Crippen molar-refractivity contribution >= 4 is 20.2 Å². The van der Waals surface area contributed by atoms with Crippen molar-refractivity contribution < 1.29 is 25.9 Å². The van der Waals surface area contributed by atoms with E-state index in [1.165, 1.54) is 0 Å². The summed E-state index contributed by atoms with van der Waals surface area (Å²) in [5.41, 5.74) is 5.67. The monoisotopic (exact) mass is 278 g/mol. The van der Waals surface area contributed by atoms with Gasteiger partial charge in [0.15, 0.2) is 0 Å². The summed E-state index contributed by atoms with van der Waals surface area (Å²) >= 11 is 0. The van der Waals surface area contributed by atoms with Crippen LogP contribution < -0.4 is 11.1 Å². The van der Waals surface area contributed by atoms with Gasteiger partial charge in [-0.3, -0.25) is 9.11 Å². The van der Waals surface area contributed by atoms with Gasteiger partial charge in [0.05, 0.1) is 12.5 Å². The molecule has 0 atom stereocenters. The van der Waals surface area contributed by atoms with E-state index in [0.29, 0.717) is 12.5 Å². The smallest absolute Gasteiger partial charge is 0.261 e. The van der Waals surface area contributed by atoms with Gasteiger partial charge in [0.1, 0.15) is 0 Å². The molecular formula is C6H18N2O6S2. The van der Waals surface area contributed by atoms with E-state index in [9.17, 15) is 16.8 Å². The van der Waals surface area contributed by atoms with Crippen molar-refractivity contribution in [3.63, 3.8) is 0 Å². The fourth-order valence-electron chi connectivity index (χ4n) is 0.519. The molecule has 16 heavy (non-hydrogen) atoms. The van der Waals surface area contributed by atoms with Crippen molar-refractivity contribution in [1.82, 2.24) is 5.32 Å². The van der Waals surface area contributed by atoms with E-state index < -0.39 is 20.2 Å². The predicted molar refractivity (Wildman–Crippen MR) is 60.4 cm³/mol. The molecule has 0 aromatic heterocycles. The quantitative estimate of drug-likeness (QED) is 0.384. The summed E-state index contributed by atoms with van der Waals surface area (Å²) in [5.74, 6) is 0. The average Bonchev–Trinajstić information content (AvgIpc) is 1.75. The first-order chi connectivity index (χ1) is 6.71. The second kappa shape index (κ2) is 6.47. The van der Waals surface area contributed by atoms with Crippen LogP contribution in [0.25, 0.3) is 0 Å². The Labute approximate surface area is 95.7 Å². The normalized spacial score (nSPS) is 18.1. The van der Waals surface area contributed by atoms with Crippen LogP contribution in [-0.4, -0.2) is 57.1 Å². The molecule has 1 aliphatic rings. The van der Waals surface area contributed by atoms with Gasteiger partial charge >= 0.3 is 0 Å². The van der Waals surface area contributed by atoms with Gasteiger partial charge in [-0.05, 0) is 6.92 Å². The molecule has 0 saturated carbocycles. The maximum Gasteiger partial charge on any atom is 0.261 e. The molecule has 1 saturated heterocycles. The highest BCUT2D eigenvalue weighted by atomic mass is 32.2. The lowest BCUT2D eigenvalue weighted by Gasteiger charge is -2.34. The molecule has 1 heterocycles. The molecule has 0 spiro atoms. The average molecular weight is 278 g/mol. The Kier molecular flexibility index (Phi) is 7.32. The second-order valence-electron chi connectivity index (χ2n) is 3.72. The van der Waals surface area contributed by atoms with Crippen molar-refractivity contribution in [3.05, 3.63) is 0 Å². The Bertz CT molecular complexity index is 333. The van der Waals surface area contributed by atoms with Crippen LogP contribution in [0.15, 0.2) is 0 Å². The minimum absolute atomic E-state index is 0.111. The van der Waals surface area contributed by atoms with Crippen LogP contribution in [0.3, 0.4) is 0 Å². The van der Waals surface area contributed by atoms with Gasteiger partial charge < -0.3 is 11.1 Å². The Hall–Kier alpha value is -0.260. The lowest BCUT2D eigenvalue weighted by Crippen LogP contribution is -2.63. The van der Waals surface area contributed by atoms with Crippen LogP contribution in [-0.2, 0) is 20.2 Å². The van der Waals surface area contributed by atoms with E-state index in [0.717, 1.165) is 13.1 Å². The zero-order valence-electron chi connectivity index (χ0n) is 9.34. The number of nitrogens with one attached hydrogen (secondary N) is 1. The maximum atomic E-state index is 9.19. The van der Waals surface area contributed by atoms with Crippen LogP contribution in [0.1, 0.15) is 6.92 Å². The molecule has 1 fully saturated rings. The summed E-state index contributed by atoms with van der Waals surface area (Å²) in [6, 6.07) is 0. The minimum atomic E-state index is -3.67. The number of hydrogen-bond acceptors (Lipinski definition) is 6. The second-order valence-corrected chi connectivity index (χ2v) is 6.66. The summed E-state index contributed by atoms with van der Waals surface area (Å²) in [4.78, 5) is 0. The highest BCUT2D eigenvalue weighted by Crippen LogP contribution is 2.01. The van der Waals surface area contributed by atoms with Gasteiger partial charge in [0.2, 0.25) is 0 Å². The number of nitrogens with two attached hydrogens (primary N) is 1. The fraction of sp³-hybridized carbons (Fsp3) is 1.00. The molecule has 1 rings (SSSR count). The largest absolute Gasteiger partial charge is 0.323 e. The summed E-state index contributed by atoms with van der Waals surface area (Å²) in [6.45, 7) is 4.00. The zero-order valence-corrected chi connectivity index (χ0v) is 11.0. The molecule has 10 heteroatoms. The maximum absolute atomic E-state index is 9.19. The van der Waals surface area contributed by atoms with Crippen molar-refractivity contribution in [2.45, 2.75) is 12.5 Å². The van der Waals surface area contributed by atoms with E-state index in [-0.39, 0.29) is 5.54 Å². The van der Waals surface area contributed by atoms with Gasteiger partial charge in [-0.25, -0.2) is 0 Å². The molecule has 0 bridgehead atoms. The molecule has 0 unspecified atom stereocenters. The van der Waals surface area contributed by atoms with E-state index in [1.807, 2.05) is 6.92 Å². The minimum Gasteiger partial charge on any atom is -0.323 e. The first kappa shape index (κ1) is 18.1. The molecule has 100 valence electrons. The molecule has 0 aromatic rings. The van der Waals surface area contributed by atoms with Gasteiger partial charge in [-0.15, -0.1) is 0 Å². The number of hydrogen-bond donors (Lipinski definition) is 4. The lowest BCUT2D eigenvalue weighted by atomic mass is 9.98. The molecule has 8 nitrogen and oxygen atoms in total. The molecule has 0 amide bonds. The first-order valence-electron chi connectivity index (χ1n) is 4.05. The third-order valence-electron chi connectivity index (χ3n) is 1.06. The zero-order chi connectivity index (χ0) is 13.6. The third-order valence-corrected chi connectivity index (χ3v) is 1.06. The van der Waals surface area contributed by atoms with E-state index >= 15 is 0 Å². The van der Waals surface area contributed by atoms with E-state index in [4.69, 9.17) is 14.8 Å². The third kappa shape index (κ3) is 37.2. The van der Waals surface area contributed by atoms with Crippen LogP contribution in [0.2, 0.25) is 0 Å². The topological polar surface area (TPSA) is 147 Å². The van der Waals surface area contributed by atoms with Gasteiger partial charge in [0.25, 0.3) is 20.2 Å². The van der Waals surface area contributed by atoms with E-state index in [1.54, 1.807) is 0 Å². The van der Waals surface area contributed by atoms with Gasteiger partial charge in [-0.1, -0.05) is 0 Å². The Morgan fingerprint density at radius 3 is 1.19 bits per heavy atom. The molecular weight excluding hydrogens is 260 g/mol. The molecule has 0 radical (unpaired) electrons. The molecule has 0 aromatic carbocycles. The van der Waals surface area contributed by atoms with Crippen LogP contribution in [0.5, 0.6) is 0 Å². The van der Waals surface area contributed by atoms with Crippen molar-refractivity contribution in [1.29, 1.82) is 0 Å². The molecule has 5 N–H and O–H groups in total.